The van der Waals surface area contributed by atoms with Crippen molar-refractivity contribution in [3.05, 3.63) is 170 Å². The molecule has 0 spiro atoms. The first-order valence-electron chi connectivity index (χ1n) is 20.0. The van der Waals surface area contributed by atoms with E-state index in [4.69, 9.17) is 0 Å². The molecule has 10 rings (SSSR count). The highest BCUT2D eigenvalue weighted by atomic mass is 28.3. The minimum Gasteiger partial charge on any atom is -0.0656 e. The van der Waals surface area contributed by atoms with E-state index in [1.54, 1.807) is 0 Å². The number of hydrogen-bond acceptors (Lipinski definition) is 0. The summed E-state index contributed by atoms with van der Waals surface area (Å²) < 4.78 is 0. The quantitative estimate of drug-likeness (QED) is 0.121. The van der Waals surface area contributed by atoms with E-state index in [2.05, 4.69) is 209 Å². The van der Waals surface area contributed by atoms with Crippen LogP contribution in [-0.4, -0.2) is 16.1 Å². The van der Waals surface area contributed by atoms with Gasteiger partial charge in [0.15, 0.2) is 0 Å². The molecule has 270 valence electrons. The van der Waals surface area contributed by atoms with Crippen LogP contribution in [0.25, 0.3) is 98.0 Å². The SMILES string of the molecule is C[Si](C)(C)c1ccc(-c2c3ccccc3c(-c3c4ccccc4c(-c4ccc([Si](C)(C)C)c5ccccc45)c4ccccc34)c3ccccc23)c2ccccc12. The second-order valence-electron chi connectivity index (χ2n) is 17.6. The normalized spacial score (nSPS) is 12.5. The van der Waals surface area contributed by atoms with Gasteiger partial charge in [-0.15, -0.1) is 0 Å². The van der Waals surface area contributed by atoms with Crippen molar-refractivity contribution < 1.29 is 0 Å². The molecule has 0 fully saturated rings. The molecule has 0 nitrogen and oxygen atoms in total. The van der Waals surface area contributed by atoms with Crippen LogP contribution in [-0.2, 0) is 0 Å². The van der Waals surface area contributed by atoms with Crippen molar-refractivity contribution >= 4 is 91.2 Å². The fourth-order valence-electron chi connectivity index (χ4n) is 9.72. The third-order valence-corrected chi connectivity index (χ3v) is 16.2. The molecule has 0 aliphatic carbocycles. The van der Waals surface area contributed by atoms with Gasteiger partial charge < -0.3 is 0 Å². The predicted octanol–water partition coefficient (Wildman–Crippen LogP) is 14.7. The molecule has 0 unspecified atom stereocenters. The van der Waals surface area contributed by atoms with Crippen LogP contribution in [0.1, 0.15) is 0 Å². The lowest BCUT2D eigenvalue weighted by Crippen LogP contribution is -2.38. The molecule has 0 heterocycles. The number of hydrogen-bond donors (Lipinski definition) is 0. The molecule has 0 amide bonds. The van der Waals surface area contributed by atoms with Crippen molar-refractivity contribution in [3.8, 4) is 33.4 Å². The van der Waals surface area contributed by atoms with Crippen LogP contribution in [0, 0.1) is 0 Å². The first-order chi connectivity index (χ1) is 27.1. The van der Waals surface area contributed by atoms with Crippen LogP contribution in [0.2, 0.25) is 39.3 Å². The van der Waals surface area contributed by atoms with Gasteiger partial charge in [0, 0.05) is 0 Å². The Kier molecular flexibility index (Phi) is 7.97. The second kappa shape index (κ2) is 12.9. The summed E-state index contributed by atoms with van der Waals surface area (Å²) in [6, 6.07) is 64.5. The van der Waals surface area contributed by atoms with Crippen LogP contribution in [0.4, 0.5) is 0 Å². The number of rotatable bonds is 5. The molecule has 0 atom stereocenters. The Morgan fingerprint density at radius 2 is 0.429 bits per heavy atom. The van der Waals surface area contributed by atoms with E-state index >= 15 is 0 Å². The van der Waals surface area contributed by atoms with Gasteiger partial charge in [-0.25, -0.2) is 0 Å². The van der Waals surface area contributed by atoms with Crippen molar-refractivity contribution in [1.29, 1.82) is 0 Å². The Hall–Kier alpha value is -5.81. The highest BCUT2D eigenvalue weighted by molar-refractivity contribution is 6.91. The molecular weight excluding hydrogens is 705 g/mol. The highest BCUT2D eigenvalue weighted by Gasteiger charge is 2.26. The Morgan fingerprint density at radius 3 is 0.679 bits per heavy atom. The zero-order chi connectivity index (χ0) is 38.3. The molecule has 0 saturated heterocycles. The summed E-state index contributed by atoms with van der Waals surface area (Å²) >= 11 is 0. The topological polar surface area (TPSA) is 0 Å². The number of benzene rings is 10. The third-order valence-electron chi connectivity index (χ3n) is 12.1. The third kappa shape index (κ3) is 5.31. The molecular formula is C54H46Si2. The van der Waals surface area contributed by atoms with E-state index in [1.807, 2.05) is 0 Å². The average Bonchev–Trinajstić information content (AvgIpc) is 3.21. The Labute approximate surface area is 332 Å². The molecule has 2 heteroatoms. The standard InChI is InChI=1S/C54H46Si2/c1-55(2,3)49-33-31-47(35-19-7-9-21-37(35)49)51-39-23-11-15-27-43(39)53(44-28-16-12-24-40(44)51)54-45-29-17-13-25-41(45)52(42-26-14-18-30-46(42)54)48-32-34-50(56(4,5)6)38-22-10-8-20-36(38)48/h7-34H,1-6H3. The molecule has 0 aliphatic rings. The van der Waals surface area contributed by atoms with E-state index in [0.717, 1.165) is 0 Å². The lowest BCUT2D eigenvalue weighted by atomic mass is 9.80. The van der Waals surface area contributed by atoms with Gasteiger partial charge in [-0.05, 0) is 98.0 Å². The first-order valence-corrected chi connectivity index (χ1v) is 27.0. The lowest BCUT2D eigenvalue weighted by Gasteiger charge is -2.25. The van der Waals surface area contributed by atoms with Gasteiger partial charge in [0.05, 0.1) is 16.1 Å². The molecule has 10 aromatic carbocycles. The van der Waals surface area contributed by atoms with Crippen molar-refractivity contribution in [1.82, 2.24) is 0 Å². The van der Waals surface area contributed by atoms with Gasteiger partial charge in [0.2, 0.25) is 0 Å². The highest BCUT2D eigenvalue weighted by Crippen LogP contribution is 2.51. The summed E-state index contributed by atoms with van der Waals surface area (Å²) in [5.41, 5.74) is 7.86. The Morgan fingerprint density at radius 1 is 0.214 bits per heavy atom. The van der Waals surface area contributed by atoms with Crippen molar-refractivity contribution in [2.24, 2.45) is 0 Å². The van der Waals surface area contributed by atoms with Crippen molar-refractivity contribution in [2.75, 3.05) is 0 Å². The zero-order valence-electron chi connectivity index (χ0n) is 33.2. The van der Waals surface area contributed by atoms with Gasteiger partial charge in [-0.2, -0.15) is 0 Å². The second-order valence-corrected chi connectivity index (χ2v) is 27.7. The summed E-state index contributed by atoms with van der Waals surface area (Å²) in [6.45, 7) is 14.7. The minimum atomic E-state index is -1.59. The molecule has 56 heavy (non-hydrogen) atoms. The molecule has 0 N–H and O–H groups in total. The maximum Gasteiger partial charge on any atom is 0.0784 e. The van der Waals surface area contributed by atoms with E-state index in [9.17, 15) is 0 Å². The molecule has 0 saturated carbocycles. The van der Waals surface area contributed by atoms with Gasteiger partial charge in [0.1, 0.15) is 0 Å². The zero-order valence-corrected chi connectivity index (χ0v) is 35.2. The summed E-state index contributed by atoms with van der Waals surface area (Å²) in [5, 5.41) is 18.8. The molecule has 0 aromatic heterocycles. The average molecular weight is 751 g/mol. The van der Waals surface area contributed by atoms with Crippen LogP contribution in [0.15, 0.2) is 170 Å². The van der Waals surface area contributed by atoms with E-state index in [1.165, 1.54) is 108 Å². The van der Waals surface area contributed by atoms with E-state index < -0.39 is 16.1 Å². The lowest BCUT2D eigenvalue weighted by molar-refractivity contribution is 1.68. The van der Waals surface area contributed by atoms with E-state index in [0.29, 0.717) is 0 Å². The summed E-state index contributed by atoms with van der Waals surface area (Å²) in [6.07, 6.45) is 0. The Bertz CT molecular complexity index is 2880. The van der Waals surface area contributed by atoms with Crippen molar-refractivity contribution in [3.63, 3.8) is 0 Å². The summed E-state index contributed by atoms with van der Waals surface area (Å²) in [7, 11) is -3.18. The van der Waals surface area contributed by atoms with Gasteiger partial charge in [-0.1, -0.05) is 220 Å². The van der Waals surface area contributed by atoms with Gasteiger partial charge >= 0.3 is 0 Å². The van der Waals surface area contributed by atoms with Crippen molar-refractivity contribution in [2.45, 2.75) is 39.3 Å². The molecule has 0 aliphatic heterocycles. The van der Waals surface area contributed by atoms with Crippen LogP contribution in [0.5, 0.6) is 0 Å². The molecule has 0 radical (unpaired) electrons. The van der Waals surface area contributed by atoms with Gasteiger partial charge in [0.25, 0.3) is 0 Å². The Balaban J connectivity index is 1.35. The minimum absolute atomic E-state index is 1.28. The van der Waals surface area contributed by atoms with Gasteiger partial charge in [-0.3, -0.25) is 0 Å². The largest absolute Gasteiger partial charge is 0.0784 e. The maximum absolute atomic E-state index is 2.46. The summed E-state index contributed by atoms with van der Waals surface area (Å²) in [4.78, 5) is 0. The van der Waals surface area contributed by atoms with E-state index in [-0.39, 0.29) is 0 Å². The monoisotopic (exact) mass is 750 g/mol. The fourth-order valence-corrected chi connectivity index (χ4v) is 12.9. The maximum atomic E-state index is 2.46. The predicted molar refractivity (Wildman–Crippen MR) is 254 cm³/mol. The van der Waals surface area contributed by atoms with Crippen LogP contribution < -0.4 is 10.4 Å². The summed E-state index contributed by atoms with van der Waals surface area (Å²) in [5.74, 6) is 0. The molecule has 0 bridgehead atoms. The first kappa shape index (κ1) is 34.7. The number of fused-ring (bicyclic) bond motifs is 6. The van der Waals surface area contributed by atoms with Crippen LogP contribution >= 0.6 is 0 Å². The smallest absolute Gasteiger partial charge is 0.0656 e. The fraction of sp³-hybridized carbons (Fsp3) is 0.111. The van der Waals surface area contributed by atoms with Crippen LogP contribution in [0.3, 0.4) is 0 Å². The molecule has 10 aromatic rings.